The molecule has 1 heterocycles. The number of nitrogens with one attached hydrogen (secondary N) is 2. The van der Waals surface area contributed by atoms with Crippen molar-refractivity contribution in [2.75, 3.05) is 10.6 Å². The fraction of sp³-hybridized carbons (Fsp3) is 0.471. The molecule has 0 saturated heterocycles. The maximum Gasteiger partial charge on any atom is 0.412 e. The van der Waals surface area contributed by atoms with Gasteiger partial charge in [0.2, 0.25) is 0 Å². The minimum absolute atomic E-state index is 0.150. The predicted molar refractivity (Wildman–Crippen MR) is 87.7 cm³/mol. The van der Waals surface area contributed by atoms with Crippen molar-refractivity contribution in [2.45, 2.75) is 52.7 Å². The number of hydrogen-bond acceptors (Lipinski definition) is 3. The molecule has 114 valence electrons. The third-order valence-electron chi connectivity index (χ3n) is 3.15. The van der Waals surface area contributed by atoms with Gasteiger partial charge in [0, 0.05) is 5.56 Å². The average molecular weight is 288 g/mol. The van der Waals surface area contributed by atoms with Crippen LogP contribution in [0.3, 0.4) is 0 Å². The molecule has 0 spiro atoms. The standard InChI is InChI=1S/C17H24N2O2/c1-11-10-17(5,6)19-14-12(11)8-7-9-13(14)18-15(20)21-16(2,3)4/h7-10,19H,1-6H3,(H,18,20). The zero-order valence-electron chi connectivity index (χ0n) is 13.6. The topological polar surface area (TPSA) is 50.4 Å². The Balaban J connectivity index is 2.30. The first-order chi connectivity index (χ1) is 9.57. The summed E-state index contributed by atoms with van der Waals surface area (Å²) in [4.78, 5) is 12.0. The van der Waals surface area contributed by atoms with E-state index in [2.05, 4.69) is 37.5 Å². The van der Waals surface area contributed by atoms with Gasteiger partial charge in [0.1, 0.15) is 5.60 Å². The molecule has 0 atom stereocenters. The van der Waals surface area contributed by atoms with E-state index in [9.17, 15) is 4.79 Å². The van der Waals surface area contributed by atoms with Gasteiger partial charge in [0.05, 0.1) is 16.9 Å². The van der Waals surface area contributed by atoms with Crippen molar-refractivity contribution in [1.29, 1.82) is 0 Å². The van der Waals surface area contributed by atoms with Crippen molar-refractivity contribution in [3.05, 3.63) is 29.8 Å². The van der Waals surface area contributed by atoms with Gasteiger partial charge in [0.25, 0.3) is 0 Å². The van der Waals surface area contributed by atoms with E-state index in [0.29, 0.717) is 0 Å². The summed E-state index contributed by atoms with van der Waals surface area (Å²) in [5.74, 6) is 0. The van der Waals surface area contributed by atoms with Gasteiger partial charge in [0.15, 0.2) is 0 Å². The number of allylic oxidation sites excluding steroid dienone is 1. The van der Waals surface area contributed by atoms with Crippen molar-refractivity contribution in [2.24, 2.45) is 0 Å². The Kier molecular flexibility index (Phi) is 3.74. The number of ether oxygens (including phenoxy) is 1. The van der Waals surface area contributed by atoms with Gasteiger partial charge in [-0.05, 0) is 53.2 Å². The fourth-order valence-electron chi connectivity index (χ4n) is 2.51. The first-order valence-corrected chi connectivity index (χ1v) is 7.18. The average Bonchev–Trinajstić information content (AvgIpc) is 2.26. The summed E-state index contributed by atoms with van der Waals surface area (Å²) < 4.78 is 5.32. The summed E-state index contributed by atoms with van der Waals surface area (Å²) >= 11 is 0. The summed E-state index contributed by atoms with van der Waals surface area (Å²) in [6.45, 7) is 11.8. The van der Waals surface area contributed by atoms with Crippen LogP contribution in [-0.4, -0.2) is 17.2 Å². The summed E-state index contributed by atoms with van der Waals surface area (Å²) in [5, 5.41) is 6.29. The van der Waals surface area contributed by atoms with Crippen LogP contribution in [0.4, 0.5) is 16.2 Å². The van der Waals surface area contributed by atoms with Gasteiger partial charge < -0.3 is 10.1 Å². The van der Waals surface area contributed by atoms with Crippen molar-refractivity contribution >= 4 is 23.0 Å². The number of para-hydroxylation sites is 1. The molecular formula is C17H24N2O2. The molecule has 1 aromatic rings. The number of rotatable bonds is 1. The summed E-state index contributed by atoms with van der Waals surface area (Å²) in [6.07, 6.45) is 1.75. The van der Waals surface area contributed by atoms with Crippen LogP contribution in [0, 0.1) is 0 Å². The monoisotopic (exact) mass is 288 g/mol. The number of anilines is 2. The molecule has 2 N–H and O–H groups in total. The van der Waals surface area contributed by atoms with E-state index >= 15 is 0 Å². The maximum absolute atomic E-state index is 12.0. The SMILES string of the molecule is CC1=CC(C)(C)Nc2c(NC(=O)OC(C)(C)C)cccc21. The maximum atomic E-state index is 12.0. The molecule has 0 fully saturated rings. The van der Waals surface area contributed by atoms with Crippen LogP contribution in [-0.2, 0) is 4.74 Å². The second-order valence-corrected chi connectivity index (χ2v) is 7.03. The Morgan fingerprint density at radius 2 is 1.95 bits per heavy atom. The van der Waals surface area contributed by atoms with Gasteiger partial charge >= 0.3 is 6.09 Å². The number of fused-ring (bicyclic) bond motifs is 1. The smallest absolute Gasteiger partial charge is 0.412 e. The van der Waals surface area contributed by atoms with Crippen LogP contribution in [0.2, 0.25) is 0 Å². The molecule has 0 unspecified atom stereocenters. The zero-order valence-corrected chi connectivity index (χ0v) is 13.6. The lowest BCUT2D eigenvalue weighted by Crippen LogP contribution is -2.33. The normalized spacial score (nSPS) is 16.4. The van der Waals surface area contributed by atoms with Crippen LogP contribution in [0.1, 0.15) is 47.1 Å². The van der Waals surface area contributed by atoms with Crippen LogP contribution in [0.5, 0.6) is 0 Å². The largest absolute Gasteiger partial charge is 0.444 e. The first-order valence-electron chi connectivity index (χ1n) is 7.18. The zero-order chi connectivity index (χ0) is 15.8. The molecule has 1 aliphatic rings. The van der Waals surface area contributed by atoms with Crippen LogP contribution < -0.4 is 10.6 Å². The van der Waals surface area contributed by atoms with Crippen LogP contribution in [0.25, 0.3) is 5.57 Å². The lowest BCUT2D eigenvalue weighted by atomic mass is 9.91. The molecule has 0 aliphatic carbocycles. The van der Waals surface area contributed by atoms with Gasteiger partial charge in [-0.2, -0.15) is 0 Å². The predicted octanol–water partition coefficient (Wildman–Crippen LogP) is 4.64. The lowest BCUT2D eigenvalue weighted by Gasteiger charge is -2.33. The highest BCUT2D eigenvalue weighted by atomic mass is 16.6. The van der Waals surface area contributed by atoms with E-state index in [1.165, 1.54) is 5.57 Å². The Labute approximate surface area is 126 Å². The number of carbonyl (C=O) groups is 1. The summed E-state index contributed by atoms with van der Waals surface area (Å²) in [6, 6.07) is 5.86. The molecule has 1 aromatic carbocycles. The third-order valence-corrected chi connectivity index (χ3v) is 3.15. The highest BCUT2D eigenvalue weighted by Crippen LogP contribution is 2.38. The molecule has 4 heteroatoms. The molecular weight excluding hydrogens is 264 g/mol. The quantitative estimate of drug-likeness (QED) is 0.791. The van der Waals surface area contributed by atoms with Gasteiger partial charge in [-0.15, -0.1) is 0 Å². The van der Waals surface area contributed by atoms with Crippen LogP contribution in [0.15, 0.2) is 24.3 Å². The van der Waals surface area contributed by atoms with E-state index < -0.39 is 11.7 Å². The van der Waals surface area contributed by atoms with Crippen LogP contribution >= 0.6 is 0 Å². The van der Waals surface area contributed by atoms with E-state index in [4.69, 9.17) is 4.74 Å². The molecule has 21 heavy (non-hydrogen) atoms. The molecule has 0 aromatic heterocycles. The number of hydrogen-bond donors (Lipinski definition) is 2. The molecule has 2 rings (SSSR count). The molecule has 0 bridgehead atoms. The van der Waals surface area contributed by atoms with E-state index in [1.54, 1.807) is 0 Å². The number of amides is 1. The Hall–Kier alpha value is -1.97. The first kappa shape index (κ1) is 15.4. The number of benzene rings is 1. The molecule has 4 nitrogen and oxygen atoms in total. The van der Waals surface area contributed by atoms with Crippen molar-refractivity contribution in [3.63, 3.8) is 0 Å². The minimum Gasteiger partial charge on any atom is -0.444 e. The van der Waals surface area contributed by atoms with Crippen molar-refractivity contribution in [3.8, 4) is 0 Å². The second kappa shape index (κ2) is 5.10. The highest BCUT2D eigenvalue weighted by Gasteiger charge is 2.25. The van der Waals surface area contributed by atoms with Gasteiger partial charge in [-0.3, -0.25) is 5.32 Å². The lowest BCUT2D eigenvalue weighted by molar-refractivity contribution is 0.0636. The third kappa shape index (κ3) is 3.78. The van der Waals surface area contributed by atoms with E-state index in [0.717, 1.165) is 16.9 Å². The van der Waals surface area contributed by atoms with Crippen molar-refractivity contribution < 1.29 is 9.53 Å². The fourth-order valence-corrected chi connectivity index (χ4v) is 2.51. The highest BCUT2D eigenvalue weighted by molar-refractivity contribution is 5.95. The van der Waals surface area contributed by atoms with E-state index in [1.807, 2.05) is 39.0 Å². The molecule has 1 aliphatic heterocycles. The Morgan fingerprint density at radius 1 is 1.29 bits per heavy atom. The van der Waals surface area contributed by atoms with Gasteiger partial charge in [-0.1, -0.05) is 18.2 Å². The summed E-state index contributed by atoms with van der Waals surface area (Å²) in [5.41, 5.74) is 3.31. The Bertz CT molecular complexity index is 595. The Morgan fingerprint density at radius 3 is 2.57 bits per heavy atom. The van der Waals surface area contributed by atoms with E-state index in [-0.39, 0.29) is 5.54 Å². The molecule has 0 saturated carbocycles. The molecule has 0 radical (unpaired) electrons. The van der Waals surface area contributed by atoms with Gasteiger partial charge in [-0.25, -0.2) is 4.79 Å². The number of carbonyl (C=O) groups excluding carboxylic acids is 1. The van der Waals surface area contributed by atoms with Crippen molar-refractivity contribution in [1.82, 2.24) is 0 Å². The molecule has 1 amide bonds. The second-order valence-electron chi connectivity index (χ2n) is 7.03. The summed E-state index contributed by atoms with van der Waals surface area (Å²) in [7, 11) is 0. The minimum atomic E-state index is -0.512.